The van der Waals surface area contributed by atoms with E-state index < -0.39 is 5.97 Å². The second kappa shape index (κ2) is 6.59. The number of carbonyl (C=O) groups is 1. The van der Waals surface area contributed by atoms with Crippen LogP contribution in [0.1, 0.15) is 27.2 Å². The third-order valence-corrected chi connectivity index (χ3v) is 4.07. The molecule has 25 heavy (non-hydrogen) atoms. The molecule has 6 nitrogen and oxygen atoms in total. The minimum absolute atomic E-state index is 0.160. The van der Waals surface area contributed by atoms with Crippen molar-refractivity contribution in [3.63, 3.8) is 0 Å². The van der Waals surface area contributed by atoms with Gasteiger partial charge >= 0.3 is 5.97 Å². The average Bonchev–Trinajstić information content (AvgIpc) is 3.03. The molecule has 0 amide bonds. The molecule has 0 aliphatic rings. The molecule has 0 atom stereocenters. The van der Waals surface area contributed by atoms with Crippen molar-refractivity contribution in [1.29, 1.82) is 5.26 Å². The molecule has 0 unspecified atom stereocenters. The smallest absolute Gasteiger partial charge is 0.339 e. The highest BCUT2D eigenvalue weighted by Crippen LogP contribution is 2.26. The van der Waals surface area contributed by atoms with Gasteiger partial charge in [-0.3, -0.25) is 0 Å². The summed E-state index contributed by atoms with van der Waals surface area (Å²) in [7, 11) is 0. The lowest BCUT2D eigenvalue weighted by Crippen LogP contribution is -2.02. The summed E-state index contributed by atoms with van der Waals surface area (Å²) in [6.07, 6.45) is 1.33. The van der Waals surface area contributed by atoms with Crippen molar-refractivity contribution in [3.8, 4) is 22.9 Å². The molecular weight excluding hydrogens is 318 g/mol. The Kier molecular flexibility index (Phi) is 4.33. The molecule has 0 radical (unpaired) electrons. The second-order valence-electron chi connectivity index (χ2n) is 5.55. The molecule has 0 aliphatic carbocycles. The molecule has 0 saturated carbocycles. The fourth-order valence-electron chi connectivity index (χ4n) is 2.74. The minimum Gasteiger partial charge on any atom is -0.478 e. The van der Waals surface area contributed by atoms with Crippen LogP contribution in [0.4, 0.5) is 0 Å². The van der Waals surface area contributed by atoms with Gasteiger partial charge in [0.25, 0.3) is 0 Å². The number of nitriles is 1. The highest BCUT2D eigenvalue weighted by Gasteiger charge is 2.14. The fraction of sp³-hybridized carbons (Fsp3) is 0.105. The number of hydrogen-bond donors (Lipinski definition) is 2. The predicted molar refractivity (Wildman–Crippen MR) is 91.3 cm³/mol. The molecule has 1 heterocycles. The van der Waals surface area contributed by atoms with E-state index in [2.05, 4.69) is 11.2 Å². The van der Waals surface area contributed by atoms with Crippen molar-refractivity contribution in [2.24, 2.45) is 0 Å². The summed E-state index contributed by atoms with van der Waals surface area (Å²) in [6, 6.07) is 14.7. The Labute approximate surface area is 144 Å². The lowest BCUT2D eigenvalue weighted by atomic mass is 9.98. The number of carboxylic acid groups (broad SMARTS) is 1. The number of aromatic carboxylic acids is 1. The second-order valence-corrected chi connectivity index (χ2v) is 5.55. The van der Waals surface area contributed by atoms with Gasteiger partial charge in [-0.15, -0.1) is 0 Å². The van der Waals surface area contributed by atoms with Crippen molar-refractivity contribution < 1.29 is 15.0 Å². The van der Waals surface area contributed by atoms with E-state index in [0.717, 1.165) is 16.8 Å². The van der Waals surface area contributed by atoms with Gasteiger partial charge in [-0.2, -0.15) is 10.4 Å². The maximum atomic E-state index is 11.1. The van der Waals surface area contributed by atoms with Gasteiger partial charge < -0.3 is 10.2 Å². The normalized spacial score (nSPS) is 10.4. The molecule has 124 valence electrons. The van der Waals surface area contributed by atoms with Gasteiger partial charge in [-0.1, -0.05) is 18.2 Å². The first-order valence-corrected chi connectivity index (χ1v) is 7.57. The Morgan fingerprint density at radius 3 is 2.52 bits per heavy atom. The van der Waals surface area contributed by atoms with Gasteiger partial charge in [-0.05, 0) is 47.9 Å². The van der Waals surface area contributed by atoms with E-state index in [1.807, 2.05) is 24.3 Å². The largest absolute Gasteiger partial charge is 0.478 e. The van der Waals surface area contributed by atoms with Crippen LogP contribution in [0.2, 0.25) is 0 Å². The highest BCUT2D eigenvalue weighted by molar-refractivity contribution is 5.88. The van der Waals surface area contributed by atoms with Crippen LogP contribution in [-0.2, 0) is 6.61 Å². The SMILES string of the molecule is Cc1c(C(=O)O)cnn1-c1ccc(-c2ccc(C#N)cc2CO)cc1. The van der Waals surface area contributed by atoms with Crippen LogP contribution in [0.5, 0.6) is 0 Å². The highest BCUT2D eigenvalue weighted by atomic mass is 16.4. The van der Waals surface area contributed by atoms with Crippen molar-refractivity contribution >= 4 is 5.97 Å². The average molecular weight is 333 g/mol. The number of carboxylic acids is 1. The van der Waals surface area contributed by atoms with Crippen LogP contribution in [0.25, 0.3) is 16.8 Å². The standard InChI is InChI=1S/C19H15N3O3/c1-12-18(19(24)25)10-21-22(12)16-5-3-14(4-6-16)17-7-2-13(9-20)8-15(17)11-23/h2-8,10,23H,11H2,1H3,(H,24,25). The van der Waals surface area contributed by atoms with Gasteiger partial charge in [0, 0.05) is 0 Å². The van der Waals surface area contributed by atoms with Crippen molar-refractivity contribution in [3.05, 3.63) is 71.0 Å². The number of hydrogen-bond acceptors (Lipinski definition) is 4. The number of aromatic nitrogens is 2. The Morgan fingerprint density at radius 1 is 1.24 bits per heavy atom. The van der Waals surface area contributed by atoms with E-state index in [4.69, 9.17) is 10.4 Å². The first-order chi connectivity index (χ1) is 12.0. The van der Waals surface area contributed by atoms with Crippen LogP contribution in [-0.4, -0.2) is 26.0 Å². The molecule has 3 rings (SSSR count). The molecule has 0 saturated heterocycles. The molecule has 2 N–H and O–H groups in total. The van der Waals surface area contributed by atoms with E-state index in [0.29, 0.717) is 16.8 Å². The van der Waals surface area contributed by atoms with Crippen molar-refractivity contribution in [1.82, 2.24) is 9.78 Å². The number of benzene rings is 2. The van der Waals surface area contributed by atoms with Crippen LogP contribution < -0.4 is 0 Å². The number of nitrogens with zero attached hydrogens (tertiary/aromatic N) is 3. The van der Waals surface area contributed by atoms with Crippen LogP contribution >= 0.6 is 0 Å². The van der Waals surface area contributed by atoms with E-state index in [9.17, 15) is 9.90 Å². The molecule has 0 spiro atoms. The van der Waals surface area contributed by atoms with Gasteiger partial charge in [0.15, 0.2) is 0 Å². The summed E-state index contributed by atoms with van der Waals surface area (Å²) in [5.41, 5.74) is 4.37. The van der Waals surface area contributed by atoms with Crippen molar-refractivity contribution in [2.75, 3.05) is 0 Å². The topological polar surface area (TPSA) is 99.1 Å². The summed E-state index contributed by atoms with van der Waals surface area (Å²) in [5.74, 6) is -1.01. The minimum atomic E-state index is -1.01. The van der Waals surface area contributed by atoms with E-state index in [-0.39, 0.29) is 12.2 Å². The maximum absolute atomic E-state index is 11.1. The maximum Gasteiger partial charge on any atom is 0.339 e. The van der Waals surface area contributed by atoms with Crippen LogP contribution in [0.15, 0.2) is 48.7 Å². The molecule has 0 bridgehead atoms. The monoisotopic (exact) mass is 333 g/mol. The Hall–Kier alpha value is -3.43. The Balaban J connectivity index is 1.99. The first-order valence-electron chi connectivity index (χ1n) is 7.57. The van der Waals surface area contributed by atoms with Gasteiger partial charge in [0.05, 0.1) is 35.8 Å². The predicted octanol–water partition coefficient (Wildman–Crippen LogP) is 2.91. The zero-order valence-corrected chi connectivity index (χ0v) is 13.5. The fourth-order valence-corrected chi connectivity index (χ4v) is 2.74. The summed E-state index contributed by atoms with van der Waals surface area (Å²) in [5, 5.41) is 31.8. The molecular formula is C19H15N3O3. The van der Waals surface area contributed by atoms with Gasteiger partial charge in [0.2, 0.25) is 0 Å². The molecule has 6 heteroatoms. The molecule has 0 aliphatic heterocycles. The summed E-state index contributed by atoms with van der Waals surface area (Å²) >= 11 is 0. The first kappa shape index (κ1) is 16.4. The Bertz CT molecular complexity index is 982. The summed E-state index contributed by atoms with van der Waals surface area (Å²) in [4.78, 5) is 11.1. The lowest BCUT2D eigenvalue weighted by molar-refractivity contribution is 0.0696. The van der Waals surface area contributed by atoms with Gasteiger partial charge in [0.1, 0.15) is 5.56 Å². The molecule has 2 aromatic carbocycles. The van der Waals surface area contributed by atoms with Gasteiger partial charge in [-0.25, -0.2) is 9.48 Å². The third kappa shape index (κ3) is 3.01. The summed E-state index contributed by atoms with van der Waals surface area (Å²) < 4.78 is 1.57. The lowest BCUT2D eigenvalue weighted by Gasteiger charge is -2.10. The van der Waals surface area contributed by atoms with E-state index in [1.54, 1.807) is 29.8 Å². The summed E-state index contributed by atoms with van der Waals surface area (Å²) in [6.45, 7) is 1.54. The van der Waals surface area contributed by atoms with E-state index in [1.165, 1.54) is 6.20 Å². The third-order valence-electron chi connectivity index (χ3n) is 4.07. The molecule has 1 aromatic heterocycles. The quantitative estimate of drug-likeness (QED) is 0.765. The van der Waals surface area contributed by atoms with E-state index >= 15 is 0 Å². The van der Waals surface area contributed by atoms with Crippen LogP contribution in [0, 0.1) is 18.3 Å². The zero-order chi connectivity index (χ0) is 18.0. The number of aliphatic hydroxyl groups is 1. The molecule has 3 aromatic rings. The molecule has 0 fully saturated rings. The van der Waals surface area contributed by atoms with Crippen molar-refractivity contribution in [2.45, 2.75) is 13.5 Å². The Morgan fingerprint density at radius 2 is 1.96 bits per heavy atom. The van der Waals surface area contributed by atoms with Crippen LogP contribution in [0.3, 0.4) is 0 Å². The number of aliphatic hydroxyl groups excluding tert-OH is 1. The number of rotatable bonds is 4. The zero-order valence-electron chi connectivity index (χ0n) is 13.5.